The molecule has 1 fully saturated rings. The molecule has 1 saturated heterocycles. The van der Waals surface area contributed by atoms with Gasteiger partial charge in [0.25, 0.3) is 0 Å². The SMILES string of the molecule is CCC(CO)NC[C@H]1OC(OC)[C@@H](O)[C@@H]1O. The molecule has 6 nitrogen and oxygen atoms in total. The van der Waals surface area contributed by atoms with E-state index >= 15 is 0 Å². The van der Waals surface area contributed by atoms with Gasteiger partial charge in [-0.25, -0.2) is 0 Å². The van der Waals surface area contributed by atoms with Crippen molar-refractivity contribution in [1.29, 1.82) is 0 Å². The molecule has 0 spiro atoms. The summed E-state index contributed by atoms with van der Waals surface area (Å²) in [5, 5.41) is 31.2. The van der Waals surface area contributed by atoms with Crippen molar-refractivity contribution in [3.05, 3.63) is 0 Å². The highest BCUT2D eigenvalue weighted by Gasteiger charge is 2.42. The molecule has 1 rings (SSSR count). The van der Waals surface area contributed by atoms with Crippen LogP contribution in [-0.2, 0) is 9.47 Å². The Morgan fingerprint density at radius 1 is 1.38 bits per heavy atom. The summed E-state index contributed by atoms with van der Waals surface area (Å²) < 4.78 is 10.2. The molecule has 1 heterocycles. The second-order valence-corrected chi connectivity index (χ2v) is 3.96. The van der Waals surface area contributed by atoms with Gasteiger partial charge in [-0.05, 0) is 6.42 Å². The van der Waals surface area contributed by atoms with Crippen LogP contribution >= 0.6 is 0 Å². The molecule has 0 aromatic rings. The van der Waals surface area contributed by atoms with Gasteiger partial charge >= 0.3 is 0 Å². The zero-order valence-corrected chi connectivity index (χ0v) is 9.67. The maximum absolute atomic E-state index is 9.66. The lowest BCUT2D eigenvalue weighted by Gasteiger charge is -2.19. The summed E-state index contributed by atoms with van der Waals surface area (Å²) in [6.07, 6.45) is -2.49. The van der Waals surface area contributed by atoms with Gasteiger partial charge in [0.2, 0.25) is 0 Å². The first-order chi connectivity index (χ1) is 7.63. The molecule has 2 unspecified atom stereocenters. The van der Waals surface area contributed by atoms with Crippen LogP contribution in [-0.4, -0.2) is 66.2 Å². The Morgan fingerprint density at radius 2 is 2.06 bits per heavy atom. The average Bonchev–Trinajstić information content (AvgIpc) is 2.58. The number of aliphatic hydroxyl groups excluding tert-OH is 3. The quantitative estimate of drug-likeness (QED) is 0.445. The van der Waals surface area contributed by atoms with Crippen LogP contribution in [0.4, 0.5) is 0 Å². The first-order valence-corrected chi connectivity index (χ1v) is 5.52. The predicted octanol–water partition coefficient (Wildman–Crippen LogP) is -1.56. The van der Waals surface area contributed by atoms with Crippen molar-refractivity contribution < 1.29 is 24.8 Å². The molecule has 0 amide bonds. The van der Waals surface area contributed by atoms with Crippen LogP contribution in [0, 0.1) is 0 Å². The number of methoxy groups -OCH3 is 1. The largest absolute Gasteiger partial charge is 0.395 e. The fourth-order valence-electron chi connectivity index (χ4n) is 1.70. The molecule has 1 aliphatic heterocycles. The predicted molar refractivity (Wildman–Crippen MR) is 56.9 cm³/mol. The van der Waals surface area contributed by atoms with E-state index in [9.17, 15) is 10.2 Å². The summed E-state index contributed by atoms with van der Waals surface area (Å²) in [7, 11) is 1.42. The maximum Gasteiger partial charge on any atom is 0.186 e. The number of hydrogen-bond donors (Lipinski definition) is 4. The molecule has 6 heteroatoms. The van der Waals surface area contributed by atoms with Gasteiger partial charge < -0.3 is 30.1 Å². The van der Waals surface area contributed by atoms with Crippen molar-refractivity contribution >= 4 is 0 Å². The molecule has 0 aromatic carbocycles. The van der Waals surface area contributed by atoms with Crippen molar-refractivity contribution in [1.82, 2.24) is 5.32 Å². The van der Waals surface area contributed by atoms with Crippen LogP contribution in [0.5, 0.6) is 0 Å². The van der Waals surface area contributed by atoms with Crippen LogP contribution in [0.2, 0.25) is 0 Å². The van der Waals surface area contributed by atoms with Gasteiger partial charge in [0, 0.05) is 19.7 Å². The van der Waals surface area contributed by atoms with Gasteiger partial charge in [-0.1, -0.05) is 6.92 Å². The van der Waals surface area contributed by atoms with E-state index in [0.717, 1.165) is 6.42 Å². The molecule has 16 heavy (non-hydrogen) atoms. The van der Waals surface area contributed by atoms with Gasteiger partial charge in [-0.3, -0.25) is 0 Å². The van der Waals surface area contributed by atoms with Crippen molar-refractivity contribution in [2.75, 3.05) is 20.3 Å². The normalized spacial score (nSPS) is 36.6. The molecular weight excluding hydrogens is 214 g/mol. The molecule has 0 aliphatic carbocycles. The molecular formula is C10H21NO5. The molecule has 0 radical (unpaired) electrons. The lowest BCUT2D eigenvalue weighted by molar-refractivity contribution is -0.148. The number of ether oxygens (including phenoxy) is 2. The van der Waals surface area contributed by atoms with Crippen molar-refractivity contribution in [3.8, 4) is 0 Å². The van der Waals surface area contributed by atoms with E-state index in [-0.39, 0.29) is 12.6 Å². The highest BCUT2D eigenvalue weighted by molar-refractivity contribution is 4.88. The van der Waals surface area contributed by atoms with Crippen molar-refractivity contribution in [2.24, 2.45) is 0 Å². The summed E-state index contributed by atoms with van der Waals surface area (Å²) in [5.74, 6) is 0. The van der Waals surface area contributed by atoms with E-state index in [2.05, 4.69) is 5.32 Å². The Labute approximate surface area is 95.2 Å². The highest BCUT2D eigenvalue weighted by atomic mass is 16.7. The molecule has 0 aromatic heterocycles. The molecule has 5 atom stereocenters. The van der Waals surface area contributed by atoms with E-state index < -0.39 is 24.6 Å². The summed E-state index contributed by atoms with van der Waals surface area (Å²) in [5.41, 5.74) is 0. The minimum atomic E-state index is -1.02. The molecule has 4 N–H and O–H groups in total. The summed E-state index contributed by atoms with van der Waals surface area (Å²) in [6.45, 7) is 2.36. The average molecular weight is 235 g/mol. The minimum Gasteiger partial charge on any atom is -0.395 e. The van der Waals surface area contributed by atoms with Gasteiger partial charge in [-0.2, -0.15) is 0 Å². The van der Waals surface area contributed by atoms with Crippen LogP contribution < -0.4 is 5.32 Å². The zero-order chi connectivity index (χ0) is 12.1. The smallest absolute Gasteiger partial charge is 0.186 e. The van der Waals surface area contributed by atoms with Gasteiger partial charge in [-0.15, -0.1) is 0 Å². The van der Waals surface area contributed by atoms with Gasteiger partial charge in [0.05, 0.1) is 6.61 Å². The van der Waals surface area contributed by atoms with Gasteiger partial charge in [0.15, 0.2) is 6.29 Å². The highest BCUT2D eigenvalue weighted by Crippen LogP contribution is 2.21. The van der Waals surface area contributed by atoms with E-state index in [1.807, 2.05) is 6.92 Å². The summed E-state index contributed by atoms with van der Waals surface area (Å²) in [6, 6.07) is -0.0189. The number of aliphatic hydroxyl groups is 3. The van der Waals surface area contributed by atoms with Crippen molar-refractivity contribution in [3.63, 3.8) is 0 Å². The number of nitrogens with one attached hydrogen (secondary N) is 1. The first-order valence-electron chi connectivity index (χ1n) is 5.52. The molecule has 0 bridgehead atoms. The Bertz CT molecular complexity index is 200. The second-order valence-electron chi connectivity index (χ2n) is 3.96. The Morgan fingerprint density at radius 3 is 2.50 bits per heavy atom. The molecule has 96 valence electrons. The molecule has 1 aliphatic rings. The molecule has 0 saturated carbocycles. The van der Waals surface area contributed by atoms with Gasteiger partial charge in [0.1, 0.15) is 18.3 Å². The van der Waals surface area contributed by atoms with Crippen LogP contribution in [0.25, 0.3) is 0 Å². The summed E-state index contributed by atoms with van der Waals surface area (Å²) >= 11 is 0. The Kier molecular flexibility index (Phi) is 5.60. The van der Waals surface area contributed by atoms with E-state index in [1.54, 1.807) is 0 Å². The second kappa shape index (κ2) is 6.48. The summed E-state index contributed by atoms with van der Waals surface area (Å²) in [4.78, 5) is 0. The third kappa shape index (κ3) is 3.13. The lowest BCUT2D eigenvalue weighted by atomic mass is 10.1. The Hall–Kier alpha value is -0.240. The fourth-order valence-corrected chi connectivity index (χ4v) is 1.70. The van der Waals surface area contributed by atoms with Crippen LogP contribution in [0.1, 0.15) is 13.3 Å². The van der Waals surface area contributed by atoms with E-state index in [1.165, 1.54) is 7.11 Å². The minimum absolute atomic E-state index is 0.0189. The fraction of sp³-hybridized carbons (Fsp3) is 1.00. The monoisotopic (exact) mass is 235 g/mol. The van der Waals surface area contributed by atoms with E-state index in [0.29, 0.717) is 6.54 Å². The topological polar surface area (TPSA) is 91.2 Å². The maximum atomic E-state index is 9.66. The van der Waals surface area contributed by atoms with Crippen LogP contribution in [0.3, 0.4) is 0 Å². The first kappa shape index (κ1) is 13.8. The number of hydrogen-bond acceptors (Lipinski definition) is 6. The standard InChI is InChI=1S/C10H21NO5/c1-3-6(5-12)11-4-7-8(13)9(14)10(15-2)16-7/h6-14H,3-5H2,1-2H3/t6?,7-,8-,9+,10?/m1/s1. The van der Waals surface area contributed by atoms with Crippen LogP contribution in [0.15, 0.2) is 0 Å². The van der Waals surface area contributed by atoms with Crippen molar-refractivity contribution in [2.45, 2.75) is 44.0 Å². The Balaban J connectivity index is 2.38. The zero-order valence-electron chi connectivity index (χ0n) is 9.67. The third-order valence-electron chi connectivity index (χ3n) is 2.87. The lowest BCUT2D eigenvalue weighted by Crippen LogP contribution is -2.42. The van der Waals surface area contributed by atoms with E-state index in [4.69, 9.17) is 14.6 Å². The number of rotatable bonds is 6. The third-order valence-corrected chi connectivity index (χ3v) is 2.87.